The van der Waals surface area contributed by atoms with Crippen LogP contribution >= 0.6 is 22.7 Å². The number of hydrogen-bond acceptors (Lipinski definition) is 5. The van der Waals surface area contributed by atoms with Gasteiger partial charge in [-0.15, -0.1) is 11.3 Å². The standard InChI is InChI=1S/C12H14N2O2S2/c1-2-10(11-4-3-7-17-11)13-8-9-5-6-12(18-9)14(15)16/h3-7,10,13H,2,8H2,1H3. The maximum Gasteiger partial charge on any atom is 0.324 e. The molecule has 0 saturated heterocycles. The van der Waals surface area contributed by atoms with Gasteiger partial charge in [0, 0.05) is 28.4 Å². The second-order valence-corrected chi connectivity index (χ2v) is 5.98. The molecular weight excluding hydrogens is 268 g/mol. The van der Waals surface area contributed by atoms with Crippen LogP contribution in [0.15, 0.2) is 29.6 Å². The van der Waals surface area contributed by atoms with E-state index in [9.17, 15) is 10.1 Å². The molecule has 6 heteroatoms. The summed E-state index contributed by atoms with van der Waals surface area (Å²) in [4.78, 5) is 12.6. The summed E-state index contributed by atoms with van der Waals surface area (Å²) < 4.78 is 0. The summed E-state index contributed by atoms with van der Waals surface area (Å²) in [7, 11) is 0. The van der Waals surface area contributed by atoms with Gasteiger partial charge in [0.05, 0.1) is 4.92 Å². The highest BCUT2D eigenvalue weighted by molar-refractivity contribution is 7.15. The van der Waals surface area contributed by atoms with Crippen molar-refractivity contribution in [1.82, 2.24) is 5.32 Å². The van der Waals surface area contributed by atoms with Crippen molar-refractivity contribution < 1.29 is 4.92 Å². The highest BCUT2D eigenvalue weighted by Crippen LogP contribution is 2.26. The second kappa shape index (κ2) is 6.08. The first-order valence-electron chi connectivity index (χ1n) is 5.70. The molecule has 2 aromatic rings. The lowest BCUT2D eigenvalue weighted by atomic mass is 10.2. The normalized spacial score (nSPS) is 12.5. The van der Waals surface area contributed by atoms with Gasteiger partial charge in [0.1, 0.15) is 0 Å². The zero-order valence-corrected chi connectivity index (χ0v) is 11.6. The molecule has 0 saturated carbocycles. The van der Waals surface area contributed by atoms with Crippen LogP contribution in [0.3, 0.4) is 0 Å². The van der Waals surface area contributed by atoms with Gasteiger partial charge in [-0.2, -0.15) is 0 Å². The van der Waals surface area contributed by atoms with Crippen LogP contribution in [0.1, 0.15) is 29.1 Å². The molecule has 2 rings (SSSR count). The summed E-state index contributed by atoms with van der Waals surface area (Å²) >= 11 is 2.97. The van der Waals surface area contributed by atoms with Gasteiger partial charge in [0.25, 0.3) is 0 Å². The number of nitro groups is 1. The Hall–Kier alpha value is -1.24. The van der Waals surface area contributed by atoms with Gasteiger partial charge >= 0.3 is 5.00 Å². The minimum Gasteiger partial charge on any atom is -0.304 e. The van der Waals surface area contributed by atoms with Crippen molar-refractivity contribution in [3.63, 3.8) is 0 Å². The van der Waals surface area contributed by atoms with Crippen LogP contribution in [0.25, 0.3) is 0 Å². The number of nitrogens with zero attached hydrogens (tertiary/aromatic N) is 1. The van der Waals surface area contributed by atoms with Crippen LogP contribution in [-0.2, 0) is 6.54 Å². The molecule has 2 heterocycles. The molecule has 0 amide bonds. The van der Waals surface area contributed by atoms with E-state index in [4.69, 9.17) is 0 Å². The first-order chi connectivity index (χ1) is 8.70. The number of hydrogen-bond donors (Lipinski definition) is 1. The van der Waals surface area contributed by atoms with Crippen molar-refractivity contribution in [2.45, 2.75) is 25.9 Å². The Balaban J connectivity index is 1.95. The lowest BCUT2D eigenvalue weighted by molar-refractivity contribution is -0.380. The van der Waals surface area contributed by atoms with E-state index in [1.165, 1.54) is 16.2 Å². The Kier molecular flexibility index (Phi) is 4.46. The van der Waals surface area contributed by atoms with Crippen molar-refractivity contribution in [3.8, 4) is 0 Å². The fourth-order valence-corrected chi connectivity index (χ4v) is 3.38. The van der Waals surface area contributed by atoms with Crippen molar-refractivity contribution >= 4 is 27.7 Å². The maximum absolute atomic E-state index is 10.6. The predicted molar refractivity (Wildman–Crippen MR) is 75.2 cm³/mol. The third-order valence-electron chi connectivity index (χ3n) is 2.64. The van der Waals surface area contributed by atoms with Gasteiger partial charge in [-0.25, -0.2) is 0 Å². The van der Waals surface area contributed by atoms with E-state index in [1.807, 2.05) is 12.1 Å². The lowest BCUT2D eigenvalue weighted by Crippen LogP contribution is -2.18. The van der Waals surface area contributed by atoms with E-state index in [0.29, 0.717) is 12.6 Å². The predicted octanol–water partition coefficient (Wildman–Crippen LogP) is 3.96. The molecule has 18 heavy (non-hydrogen) atoms. The highest BCUT2D eigenvalue weighted by Gasteiger charge is 2.12. The quantitative estimate of drug-likeness (QED) is 0.644. The van der Waals surface area contributed by atoms with E-state index in [0.717, 1.165) is 11.3 Å². The smallest absolute Gasteiger partial charge is 0.304 e. The van der Waals surface area contributed by atoms with Gasteiger partial charge in [-0.05, 0) is 23.9 Å². The van der Waals surface area contributed by atoms with E-state index < -0.39 is 0 Å². The van der Waals surface area contributed by atoms with E-state index in [-0.39, 0.29) is 9.92 Å². The summed E-state index contributed by atoms with van der Waals surface area (Å²) in [6.07, 6.45) is 1.01. The molecule has 0 aliphatic carbocycles. The van der Waals surface area contributed by atoms with Crippen LogP contribution < -0.4 is 5.32 Å². The molecule has 1 N–H and O–H groups in total. The first kappa shape index (κ1) is 13.2. The average Bonchev–Trinajstić information content (AvgIpc) is 3.00. The Labute approximate surface area is 113 Å². The molecule has 1 atom stereocenters. The Morgan fingerprint density at radius 3 is 2.83 bits per heavy atom. The zero-order chi connectivity index (χ0) is 13.0. The first-order valence-corrected chi connectivity index (χ1v) is 7.40. The van der Waals surface area contributed by atoms with Gasteiger partial charge in [-0.3, -0.25) is 10.1 Å². The maximum atomic E-state index is 10.6. The molecule has 0 bridgehead atoms. The molecule has 4 nitrogen and oxygen atoms in total. The van der Waals surface area contributed by atoms with Crippen LogP contribution in [0.5, 0.6) is 0 Å². The molecule has 0 aromatic carbocycles. The van der Waals surface area contributed by atoms with Crippen LogP contribution in [0, 0.1) is 10.1 Å². The third-order valence-corrected chi connectivity index (χ3v) is 4.67. The van der Waals surface area contributed by atoms with Crippen molar-refractivity contribution in [2.24, 2.45) is 0 Å². The molecule has 0 spiro atoms. The van der Waals surface area contributed by atoms with Crippen molar-refractivity contribution in [1.29, 1.82) is 0 Å². The molecule has 2 aromatic heterocycles. The molecule has 96 valence electrons. The molecule has 0 radical (unpaired) electrons. The van der Waals surface area contributed by atoms with Gasteiger partial charge < -0.3 is 5.32 Å². The third kappa shape index (κ3) is 3.16. The molecule has 0 fully saturated rings. The Morgan fingerprint density at radius 2 is 2.28 bits per heavy atom. The fourth-order valence-electron chi connectivity index (χ4n) is 1.72. The van der Waals surface area contributed by atoms with Crippen LogP contribution in [-0.4, -0.2) is 4.92 Å². The molecule has 0 aliphatic heterocycles. The number of rotatable bonds is 6. The van der Waals surface area contributed by atoms with E-state index >= 15 is 0 Å². The van der Waals surface area contributed by atoms with E-state index in [1.54, 1.807) is 17.4 Å². The average molecular weight is 282 g/mol. The minimum absolute atomic E-state index is 0.205. The summed E-state index contributed by atoms with van der Waals surface area (Å²) in [5, 5.41) is 16.3. The molecule has 0 aliphatic rings. The fraction of sp³-hybridized carbons (Fsp3) is 0.333. The number of thiophene rings is 2. The second-order valence-electron chi connectivity index (χ2n) is 3.85. The molecular formula is C12H14N2O2S2. The number of nitrogens with one attached hydrogen (secondary N) is 1. The zero-order valence-electron chi connectivity index (χ0n) is 9.96. The van der Waals surface area contributed by atoms with Crippen molar-refractivity contribution in [2.75, 3.05) is 0 Å². The summed E-state index contributed by atoms with van der Waals surface area (Å²) in [6, 6.07) is 7.86. The lowest BCUT2D eigenvalue weighted by Gasteiger charge is -2.14. The Bertz CT molecular complexity index is 508. The summed E-state index contributed by atoms with van der Waals surface area (Å²) in [5.74, 6) is 0. The topological polar surface area (TPSA) is 55.2 Å². The SMILES string of the molecule is CCC(NCc1ccc([N+](=O)[O-])s1)c1cccs1. The highest BCUT2D eigenvalue weighted by atomic mass is 32.1. The van der Waals surface area contributed by atoms with E-state index in [2.05, 4.69) is 23.7 Å². The van der Waals surface area contributed by atoms with Gasteiger partial charge in [0.15, 0.2) is 0 Å². The van der Waals surface area contributed by atoms with Crippen LogP contribution in [0.2, 0.25) is 0 Å². The Morgan fingerprint density at radius 1 is 1.44 bits per heavy atom. The van der Waals surface area contributed by atoms with Crippen LogP contribution in [0.4, 0.5) is 5.00 Å². The minimum atomic E-state index is -0.343. The van der Waals surface area contributed by atoms with Gasteiger partial charge in [-0.1, -0.05) is 24.3 Å². The van der Waals surface area contributed by atoms with Gasteiger partial charge in [0.2, 0.25) is 0 Å². The largest absolute Gasteiger partial charge is 0.324 e. The summed E-state index contributed by atoms with van der Waals surface area (Å²) in [5.41, 5.74) is 0. The van der Waals surface area contributed by atoms with Crippen molar-refractivity contribution in [3.05, 3.63) is 49.5 Å². The summed E-state index contributed by atoms with van der Waals surface area (Å²) in [6.45, 7) is 2.81. The molecule has 1 unspecified atom stereocenters. The monoisotopic (exact) mass is 282 g/mol.